The van der Waals surface area contributed by atoms with E-state index in [2.05, 4.69) is 0 Å². The van der Waals surface area contributed by atoms with Crippen LogP contribution in [-0.4, -0.2) is 86.3 Å². The lowest BCUT2D eigenvalue weighted by Gasteiger charge is -2.47. The molecule has 2 spiro atoms. The molecule has 170 valence electrons. The topological polar surface area (TPSA) is 169 Å². The molecule has 0 aromatic heterocycles. The molecular weight excluding hydrogens is 416 g/mol. The lowest BCUT2D eigenvalue weighted by Crippen LogP contribution is -2.67. The summed E-state index contributed by atoms with van der Waals surface area (Å²) in [4.78, 5) is 38.3. The molecule has 12 atom stereocenters. The van der Waals surface area contributed by atoms with E-state index in [1.165, 1.54) is 6.92 Å². The molecular formula is C20H24O11. The van der Waals surface area contributed by atoms with Crippen molar-refractivity contribution in [2.75, 3.05) is 0 Å². The molecule has 0 amide bonds. The maximum absolute atomic E-state index is 13.4. The monoisotopic (exact) mass is 440 g/mol. The molecule has 31 heavy (non-hydrogen) atoms. The zero-order chi connectivity index (χ0) is 22.7. The zero-order valence-corrected chi connectivity index (χ0v) is 17.3. The van der Waals surface area contributed by atoms with Gasteiger partial charge in [-0.15, -0.1) is 0 Å². The van der Waals surface area contributed by atoms with Gasteiger partial charge in [0.25, 0.3) is 0 Å². The van der Waals surface area contributed by atoms with Gasteiger partial charge in [-0.25, -0.2) is 9.59 Å². The van der Waals surface area contributed by atoms with Crippen LogP contribution in [0.5, 0.6) is 0 Å². The van der Waals surface area contributed by atoms with Gasteiger partial charge in [-0.2, -0.15) is 0 Å². The third-order valence-corrected chi connectivity index (χ3v) is 8.95. The lowest BCUT2D eigenvalue weighted by atomic mass is 9.51. The molecule has 2 aliphatic carbocycles. The van der Waals surface area contributed by atoms with Crippen molar-refractivity contribution in [3.63, 3.8) is 0 Å². The third-order valence-electron chi connectivity index (χ3n) is 8.95. The first-order valence-corrected chi connectivity index (χ1v) is 10.3. The summed E-state index contributed by atoms with van der Waals surface area (Å²) in [5.41, 5.74) is -9.40. The highest BCUT2D eigenvalue weighted by atomic mass is 16.8. The van der Waals surface area contributed by atoms with Crippen molar-refractivity contribution >= 4 is 17.9 Å². The van der Waals surface area contributed by atoms with E-state index < -0.39 is 94.0 Å². The Kier molecular flexibility index (Phi) is 3.15. The first kappa shape index (κ1) is 19.9. The minimum absolute atomic E-state index is 0.792. The summed E-state index contributed by atoms with van der Waals surface area (Å²) in [6, 6.07) is 0. The molecule has 4 saturated heterocycles. The number of carbonyl (C=O) groups excluding carboxylic acids is 3. The van der Waals surface area contributed by atoms with Crippen molar-refractivity contribution in [1.82, 2.24) is 0 Å². The molecule has 4 heterocycles. The van der Waals surface area contributed by atoms with E-state index in [4.69, 9.17) is 18.9 Å². The fourth-order valence-corrected chi connectivity index (χ4v) is 8.27. The summed E-state index contributed by atoms with van der Waals surface area (Å²) < 4.78 is 22.2. The SMILES string of the molecule is C[C@H]1C(=O)O[C@H]2[C@H](O)[C@]34[C@@H]5OC(=O)[C@]3(O[C@@H]3OC(=O)[C@H](O)[C@@]34[C@H](C(C)(C)C)[C@H]5O)[C@@]12O. The van der Waals surface area contributed by atoms with E-state index in [0.29, 0.717) is 0 Å². The van der Waals surface area contributed by atoms with E-state index in [1.54, 1.807) is 20.8 Å². The molecule has 4 N–H and O–H groups in total. The number of fused-ring (bicyclic) bond motifs is 1. The number of hydrogen-bond acceptors (Lipinski definition) is 11. The van der Waals surface area contributed by atoms with E-state index in [-0.39, 0.29) is 0 Å². The van der Waals surface area contributed by atoms with Gasteiger partial charge in [0.15, 0.2) is 17.8 Å². The van der Waals surface area contributed by atoms with Gasteiger partial charge in [0.2, 0.25) is 11.9 Å². The second-order valence-electron chi connectivity index (χ2n) is 10.8. The van der Waals surface area contributed by atoms with Crippen molar-refractivity contribution in [2.45, 2.75) is 75.7 Å². The van der Waals surface area contributed by atoms with Crippen LogP contribution < -0.4 is 0 Å². The fraction of sp³-hybridized carbons (Fsp3) is 0.850. The largest absolute Gasteiger partial charge is 0.456 e. The Hall–Kier alpha value is -1.79. The minimum Gasteiger partial charge on any atom is -0.456 e. The molecule has 6 rings (SSSR count). The molecule has 4 aliphatic heterocycles. The van der Waals surface area contributed by atoms with Gasteiger partial charge < -0.3 is 39.4 Å². The Morgan fingerprint density at radius 3 is 2.19 bits per heavy atom. The Labute approximate surface area is 176 Å². The molecule has 11 nitrogen and oxygen atoms in total. The highest BCUT2D eigenvalue weighted by Crippen LogP contribution is 2.84. The minimum atomic E-state index is -2.40. The van der Waals surface area contributed by atoms with Crippen LogP contribution in [0.15, 0.2) is 0 Å². The summed E-state index contributed by atoms with van der Waals surface area (Å²) in [6.45, 7) is 6.63. The third kappa shape index (κ3) is 1.43. The lowest BCUT2D eigenvalue weighted by molar-refractivity contribution is -0.240. The Morgan fingerprint density at radius 1 is 0.935 bits per heavy atom. The van der Waals surface area contributed by atoms with Gasteiger partial charge in [-0.05, 0) is 12.3 Å². The summed E-state index contributed by atoms with van der Waals surface area (Å²) in [6.07, 6.45) is -9.69. The van der Waals surface area contributed by atoms with Crippen LogP contribution in [0.4, 0.5) is 0 Å². The van der Waals surface area contributed by atoms with Gasteiger partial charge in [-0.3, -0.25) is 4.79 Å². The van der Waals surface area contributed by atoms with Crippen LogP contribution in [-0.2, 0) is 33.3 Å². The molecule has 6 aliphatic rings. The number of aliphatic hydroxyl groups is 4. The first-order chi connectivity index (χ1) is 14.3. The van der Waals surface area contributed by atoms with Crippen molar-refractivity contribution in [3.05, 3.63) is 0 Å². The van der Waals surface area contributed by atoms with Crippen molar-refractivity contribution in [2.24, 2.45) is 28.1 Å². The highest BCUT2D eigenvalue weighted by Gasteiger charge is 3.05. The van der Waals surface area contributed by atoms with Crippen LogP contribution in [0.1, 0.15) is 27.7 Å². The van der Waals surface area contributed by atoms with Gasteiger partial charge in [0.05, 0.1) is 22.9 Å². The Balaban J connectivity index is 1.75. The summed E-state index contributed by atoms with van der Waals surface area (Å²) in [5.74, 6) is -5.22. The maximum Gasteiger partial charge on any atom is 0.343 e. The number of hydrogen-bond donors (Lipinski definition) is 4. The molecule has 0 unspecified atom stereocenters. The molecule has 6 fully saturated rings. The number of carbonyl (C=O) groups is 3. The average Bonchev–Trinajstić information content (AvgIpc) is 3.35. The molecule has 0 aromatic rings. The van der Waals surface area contributed by atoms with E-state index in [0.717, 1.165) is 0 Å². The predicted octanol–water partition coefficient (Wildman–Crippen LogP) is -2.40. The standard InChI is InChI=1S/C20H24O11/c1-5-12(24)28-11-8(22)18-10-6(21)7(16(2,3)4)17(18)9(23)13(25)30-15(17)31-20(18,14(26)29-10)19(5,11)27/h5-11,15,21-23,27H,1-4H3/t5-,6+,7-,8-,9-,10+,11-,15-,17-,18+,19+,20+/m0/s1. The van der Waals surface area contributed by atoms with Gasteiger partial charge in [0.1, 0.15) is 12.2 Å². The Bertz CT molecular complexity index is 957. The summed E-state index contributed by atoms with van der Waals surface area (Å²) in [5, 5.41) is 46.1. The number of aliphatic hydroxyl groups excluding tert-OH is 3. The van der Waals surface area contributed by atoms with Gasteiger partial charge in [0, 0.05) is 5.92 Å². The molecule has 0 bridgehead atoms. The van der Waals surface area contributed by atoms with Crippen LogP contribution in [0.25, 0.3) is 0 Å². The van der Waals surface area contributed by atoms with E-state index in [9.17, 15) is 34.8 Å². The van der Waals surface area contributed by atoms with Crippen LogP contribution in [0.3, 0.4) is 0 Å². The van der Waals surface area contributed by atoms with E-state index in [1.807, 2.05) is 0 Å². The summed E-state index contributed by atoms with van der Waals surface area (Å²) >= 11 is 0. The average molecular weight is 440 g/mol. The smallest absolute Gasteiger partial charge is 0.343 e. The zero-order valence-electron chi connectivity index (χ0n) is 17.3. The molecule has 0 aromatic carbocycles. The predicted molar refractivity (Wildman–Crippen MR) is 93.4 cm³/mol. The fourth-order valence-electron chi connectivity index (χ4n) is 8.27. The van der Waals surface area contributed by atoms with Gasteiger partial charge >= 0.3 is 17.9 Å². The Morgan fingerprint density at radius 2 is 1.58 bits per heavy atom. The molecule has 11 heteroatoms. The first-order valence-electron chi connectivity index (χ1n) is 10.3. The second kappa shape index (κ2) is 4.91. The molecule has 2 saturated carbocycles. The highest BCUT2D eigenvalue weighted by molar-refractivity contribution is 5.94. The molecule has 0 radical (unpaired) electrons. The second-order valence-corrected chi connectivity index (χ2v) is 10.8. The van der Waals surface area contributed by atoms with Crippen LogP contribution in [0.2, 0.25) is 0 Å². The van der Waals surface area contributed by atoms with Crippen LogP contribution >= 0.6 is 0 Å². The van der Waals surface area contributed by atoms with Crippen molar-refractivity contribution in [3.8, 4) is 0 Å². The van der Waals surface area contributed by atoms with Crippen molar-refractivity contribution < 1.29 is 53.8 Å². The van der Waals surface area contributed by atoms with Crippen LogP contribution in [0, 0.1) is 28.1 Å². The maximum atomic E-state index is 13.4. The normalized spacial score (nSPS) is 61.0. The number of esters is 3. The van der Waals surface area contributed by atoms with Gasteiger partial charge in [-0.1, -0.05) is 20.8 Å². The summed E-state index contributed by atoms with van der Waals surface area (Å²) in [7, 11) is 0. The number of rotatable bonds is 0. The van der Waals surface area contributed by atoms with Crippen molar-refractivity contribution in [1.29, 1.82) is 0 Å². The van der Waals surface area contributed by atoms with E-state index >= 15 is 0 Å². The quantitative estimate of drug-likeness (QED) is 0.234. The number of ether oxygens (including phenoxy) is 4.